The van der Waals surface area contributed by atoms with Crippen molar-refractivity contribution in [1.82, 2.24) is 15.5 Å². The molecular weight excluding hydrogens is 371 g/mol. The van der Waals surface area contributed by atoms with Gasteiger partial charge in [-0.1, -0.05) is 6.07 Å². The Labute approximate surface area is 163 Å². The van der Waals surface area contributed by atoms with Crippen molar-refractivity contribution in [2.24, 2.45) is 0 Å². The number of carbonyl (C=O) groups excluding carboxylic acids is 2. The molecule has 0 atom stereocenters. The number of alkyl halides is 3. The molecule has 1 aromatic carbocycles. The minimum atomic E-state index is -4.52. The Hall–Kier alpha value is -2.09. The summed E-state index contributed by atoms with van der Waals surface area (Å²) < 4.78 is 38.2. The lowest BCUT2D eigenvalue weighted by Crippen LogP contribution is -2.46. The first-order chi connectivity index (χ1) is 13.1. The van der Waals surface area contributed by atoms with Crippen molar-refractivity contribution in [1.29, 1.82) is 0 Å². The molecule has 0 saturated heterocycles. The highest BCUT2D eigenvalue weighted by atomic mass is 19.4. The van der Waals surface area contributed by atoms with Crippen LogP contribution in [0, 0.1) is 0 Å². The monoisotopic (exact) mass is 399 g/mol. The van der Waals surface area contributed by atoms with E-state index in [1.54, 1.807) is 0 Å². The maximum Gasteiger partial charge on any atom is 0.416 e. The molecule has 1 aliphatic carbocycles. The van der Waals surface area contributed by atoms with E-state index in [0.29, 0.717) is 12.1 Å². The Kier molecular flexibility index (Phi) is 7.46. The van der Waals surface area contributed by atoms with E-state index in [2.05, 4.69) is 36.4 Å². The summed E-state index contributed by atoms with van der Waals surface area (Å²) in [5.41, 5.74) is -1.02. The second-order valence-electron chi connectivity index (χ2n) is 7.59. The zero-order valence-corrected chi connectivity index (χ0v) is 16.5. The van der Waals surface area contributed by atoms with Crippen LogP contribution in [0.3, 0.4) is 0 Å². The second-order valence-corrected chi connectivity index (χ2v) is 7.59. The molecular formula is C20H28F3N3O2. The van der Waals surface area contributed by atoms with E-state index >= 15 is 0 Å². The number of hydrogen-bond acceptors (Lipinski definition) is 3. The van der Waals surface area contributed by atoms with E-state index < -0.39 is 17.6 Å². The standard InChI is InChI=1S/C20H28F3N3O2/c1-13(2)26(3)17-9-7-16(8-10-17)25-18(27)12-24-19(28)14-5-4-6-15(11-14)20(21,22)23/h4-6,11,13,16-17H,7-10,12H2,1-3H3,(H,24,28)(H,25,27)/t16-,17-. The van der Waals surface area contributed by atoms with Crippen molar-refractivity contribution in [3.63, 3.8) is 0 Å². The number of nitrogens with zero attached hydrogens (tertiary/aromatic N) is 1. The number of benzene rings is 1. The number of amides is 2. The number of hydrogen-bond donors (Lipinski definition) is 2. The topological polar surface area (TPSA) is 61.4 Å². The SMILES string of the molecule is CC(C)N(C)[C@H]1CC[C@H](NC(=O)CNC(=O)c2cccc(C(F)(F)F)c2)CC1. The van der Waals surface area contributed by atoms with Crippen molar-refractivity contribution in [3.8, 4) is 0 Å². The molecule has 1 aliphatic rings. The summed E-state index contributed by atoms with van der Waals surface area (Å²) in [6.07, 6.45) is -0.785. The van der Waals surface area contributed by atoms with Gasteiger partial charge in [0.05, 0.1) is 12.1 Å². The van der Waals surface area contributed by atoms with Crippen molar-refractivity contribution in [3.05, 3.63) is 35.4 Å². The molecule has 1 aromatic rings. The molecule has 0 bridgehead atoms. The van der Waals surface area contributed by atoms with Gasteiger partial charge in [-0.15, -0.1) is 0 Å². The van der Waals surface area contributed by atoms with E-state index in [1.807, 2.05) is 0 Å². The number of rotatable bonds is 6. The molecule has 0 heterocycles. The lowest BCUT2D eigenvalue weighted by molar-refractivity contribution is -0.137. The summed E-state index contributed by atoms with van der Waals surface area (Å²) in [6, 6.07) is 5.18. The second kappa shape index (κ2) is 9.41. The van der Waals surface area contributed by atoms with Gasteiger partial charge in [-0.3, -0.25) is 9.59 Å². The summed E-state index contributed by atoms with van der Waals surface area (Å²) in [7, 11) is 2.11. The average molecular weight is 399 g/mol. The van der Waals surface area contributed by atoms with E-state index in [4.69, 9.17) is 0 Å². The Morgan fingerprint density at radius 3 is 2.39 bits per heavy atom. The quantitative estimate of drug-likeness (QED) is 0.772. The van der Waals surface area contributed by atoms with Crippen molar-refractivity contribution in [2.45, 2.75) is 63.8 Å². The van der Waals surface area contributed by atoms with E-state index in [9.17, 15) is 22.8 Å². The van der Waals surface area contributed by atoms with Gasteiger partial charge in [-0.2, -0.15) is 13.2 Å². The van der Waals surface area contributed by atoms with E-state index in [1.165, 1.54) is 12.1 Å². The predicted molar refractivity (Wildman–Crippen MR) is 101 cm³/mol. The van der Waals surface area contributed by atoms with Crippen LogP contribution in [-0.2, 0) is 11.0 Å². The largest absolute Gasteiger partial charge is 0.416 e. The molecule has 1 fully saturated rings. The van der Waals surface area contributed by atoms with Crippen LogP contribution in [0.15, 0.2) is 24.3 Å². The maximum atomic E-state index is 12.7. The highest BCUT2D eigenvalue weighted by Gasteiger charge is 2.31. The summed E-state index contributed by atoms with van der Waals surface area (Å²) in [4.78, 5) is 26.5. The zero-order valence-electron chi connectivity index (χ0n) is 16.5. The van der Waals surface area contributed by atoms with Crippen LogP contribution in [0.25, 0.3) is 0 Å². The molecule has 5 nitrogen and oxygen atoms in total. The highest BCUT2D eigenvalue weighted by Crippen LogP contribution is 2.29. The van der Waals surface area contributed by atoms with Gasteiger partial charge in [0, 0.05) is 23.7 Å². The molecule has 0 radical (unpaired) electrons. The summed E-state index contributed by atoms with van der Waals surface area (Å²) in [5, 5.41) is 5.28. The molecule has 28 heavy (non-hydrogen) atoms. The van der Waals surface area contributed by atoms with Gasteiger partial charge < -0.3 is 15.5 Å². The molecule has 0 aliphatic heterocycles. The third-order valence-electron chi connectivity index (χ3n) is 5.31. The van der Waals surface area contributed by atoms with E-state index in [-0.39, 0.29) is 24.1 Å². The molecule has 0 unspecified atom stereocenters. The third-order valence-corrected chi connectivity index (χ3v) is 5.31. The Balaban J connectivity index is 1.78. The fraction of sp³-hybridized carbons (Fsp3) is 0.600. The first kappa shape index (κ1) is 22.2. The number of carbonyl (C=O) groups is 2. The molecule has 1 saturated carbocycles. The normalized spacial score (nSPS) is 20.3. The van der Waals surface area contributed by atoms with Gasteiger partial charge in [-0.05, 0) is 64.8 Å². The van der Waals surface area contributed by atoms with Crippen molar-refractivity contribution in [2.75, 3.05) is 13.6 Å². The van der Waals surface area contributed by atoms with Crippen LogP contribution >= 0.6 is 0 Å². The fourth-order valence-electron chi connectivity index (χ4n) is 3.43. The van der Waals surface area contributed by atoms with Gasteiger partial charge in [-0.25, -0.2) is 0 Å². The lowest BCUT2D eigenvalue weighted by atomic mass is 9.90. The molecule has 0 spiro atoms. The minimum absolute atomic E-state index is 0.0646. The van der Waals surface area contributed by atoms with Crippen LogP contribution < -0.4 is 10.6 Å². The van der Waals surface area contributed by atoms with Crippen molar-refractivity contribution < 1.29 is 22.8 Å². The van der Waals surface area contributed by atoms with Crippen molar-refractivity contribution >= 4 is 11.8 Å². The first-order valence-electron chi connectivity index (χ1n) is 9.54. The highest BCUT2D eigenvalue weighted by molar-refractivity contribution is 5.96. The average Bonchev–Trinajstić information content (AvgIpc) is 2.65. The smallest absolute Gasteiger partial charge is 0.352 e. The van der Waals surface area contributed by atoms with Crippen LogP contribution in [0.4, 0.5) is 13.2 Å². The third kappa shape index (κ3) is 6.22. The zero-order chi connectivity index (χ0) is 20.9. The Morgan fingerprint density at radius 2 is 1.82 bits per heavy atom. The molecule has 2 amide bonds. The summed E-state index contributed by atoms with van der Waals surface area (Å²) in [5.74, 6) is -1.04. The van der Waals surface area contributed by atoms with Gasteiger partial charge in [0.15, 0.2) is 0 Å². The Morgan fingerprint density at radius 1 is 1.18 bits per heavy atom. The first-order valence-corrected chi connectivity index (χ1v) is 9.54. The lowest BCUT2D eigenvalue weighted by Gasteiger charge is -2.37. The van der Waals surface area contributed by atoms with Crippen LogP contribution in [0.1, 0.15) is 55.5 Å². The number of nitrogens with one attached hydrogen (secondary N) is 2. The molecule has 2 N–H and O–H groups in total. The summed E-state index contributed by atoms with van der Waals surface area (Å²) >= 11 is 0. The molecule has 0 aromatic heterocycles. The van der Waals surface area contributed by atoms with Crippen LogP contribution in [0.5, 0.6) is 0 Å². The predicted octanol–water partition coefficient (Wildman–Crippen LogP) is 3.20. The molecule has 2 rings (SSSR count). The van der Waals surface area contributed by atoms with Crippen LogP contribution in [-0.4, -0.2) is 48.4 Å². The summed E-state index contributed by atoms with van der Waals surface area (Å²) in [6.45, 7) is 4.04. The molecule has 156 valence electrons. The molecule has 8 heteroatoms. The Bertz CT molecular complexity index is 684. The van der Waals surface area contributed by atoms with E-state index in [0.717, 1.165) is 37.8 Å². The van der Waals surface area contributed by atoms with Gasteiger partial charge >= 0.3 is 6.18 Å². The van der Waals surface area contributed by atoms with Gasteiger partial charge in [0.25, 0.3) is 5.91 Å². The van der Waals surface area contributed by atoms with Gasteiger partial charge in [0.2, 0.25) is 5.91 Å². The number of halogens is 3. The minimum Gasteiger partial charge on any atom is -0.352 e. The maximum absolute atomic E-state index is 12.7. The fourth-order valence-corrected chi connectivity index (χ4v) is 3.43. The van der Waals surface area contributed by atoms with Gasteiger partial charge in [0.1, 0.15) is 0 Å². The van der Waals surface area contributed by atoms with Crippen LogP contribution in [0.2, 0.25) is 0 Å².